The van der Waals surface area contributed by atoms with Crippen LogP contribution in [0, 0.1) is 0 Å². The third kappa shape index (κ3) is 3.04. The van der Waals surface area contributed by atoms with E-state index in [0.29, 0.717) is 6.04 Å². The van der Waals surface area contributed by atoms with Gasteiger partial charge >= 0.3 is 0 Å². The SMILES string of the molecule is NC(Cc1ccn(C2CCCCC2)n1)c1ccnnc1. The van der Waals surface area contributed by atoms with Gasteiger partial charge in [0.15, 0.2) is 0 Å². The Balaban J connectivity index is 1.65. The van der Waals surface area contributed by atoms with Crippen LogP contribution in [0.15, 0.2) is 30.7 Å². The molecule has 0 aliphatic heterocycles. The third-order valence-corrected chi connectivity index (χ3v) is 4.08. The maximum atomic E-state index is 6.20. The van der Waals surface area contributed by atoms with Crippen molar-refractivity contribution >= 4 is 0 Å². The summed E-state index contributed by atoms with van der Waals surface area (Å²) in [6.45, 7) is 0. The Labute approximate surface area is 119 Å². The lowest BCUT2D eigenvalue weighted by Crippen LogP contribution is -2.16. The Morgan fingerprint density at radius 1 is 1.20 bits per heavy atom. The molecule has 1 aliphatic carbocycles. The van der Waals surface area contributed by atoms with Crippen molar-refractivity contribution in [3.8, 4) is 0 Å². The minimum Gasteiger partial charge on any atom is -0.324 e. The van der Waals surface area contributed by atoms with E-state index in [1.807, 2.05) is 6.07 Å². The molecule has 1 aliphatic rings. The van der Waals surface area contributed by atoms with Gasteiger partial charge in [0.25, 0.3) is 0 Å². The third-order valence-electron chi connectivity index (χ3n) is 4.08. The second-order valence-electron chi connectivity index (χ2n) is 5.57. The van der Waals surface area contributed by atoms with Gasteiger partial charge in [0.2, 0.25) is 0 Å². The van der Waals surface area contributed by atoms with E-state index in [1.54, 1.807) is 12.4 Å². The van der Waals surface area contributed by atoms with E-state index in [4.69, 9.17) is 10.8 Å². The van der Waals surface area contributed by atoms with E-state index in [0.717, 1.165) is 17.7 Å². The summed E-state index contributed by atoms with van der Waals surface area (Å²) in [4.78, 5) is 0. The fourth-order valence-electron chi connectivity index (χ4n) is 2.90. The molecule has 1 saturated carbocycles. The lowest BCUT2D eigenvalue weighted by Gasteiger charge is -2.21. The van der Waals surface area contributed by atoms with Gasteiger partial charge in [0.05, 0.1) is 17.9 Å². The molecule has 20 heavy (non-hydrogen) atoms. The Bertz CT molecular complexity index is 530. The summed E-state index contributed by atoms with van der Waals surface area (Å²) < 4.78 is 2.13. The zero-order valence-corrected chi connectivity index (χ0v) is 11.7. The van der Waals surface area contributed by atoms with Crippen molar-refractivity contribution in [3.63, 3.8) is 0 Å². The maximum Gasteiger partial charge on any atom is 0.0643 e. The van der Waals surface area contributed by atoms with E-state index in [2.05, 4.69) is 27.1 Å². The zero-order valence-electron chi connectivity index (χ0n) is 11.7. The topological polar surface area (TPSA) is 69.6 Å². The Morgan fingerprint density at radius 3 is 2.80 bits per heavy atom. The first kappa shape index (κ1) is 13.2. The largest absolute Gasteiger partial charge is 0.324 e. The van der Waals surface area contributed by atoms with Crippen molar-refractivity contribution in [2.45, 2.75) is 50.6 Å². The molecule has 0 aromatic carbocycles. The second kappa shape index (κ2) is 6.13. The van der Waals surface area contributed by atoms with E-state index < -0.39 is 0 Å². The fourth-order valence-corrected chi connectivity index (χ4v) is 2.90. The molecule has 1 unspecified atom stereocenters. The van der Waals surface area contributed by atoms with E-state index >= 15 is 0 Å². The Kier molecular flexibility index (Phi) is 4.06. The molecule has 0 saturated heterocycles. The Hall–Kier alpha value is -1.75. The molecule has 3 rings (SSSR count). The molecule has 2 aromatic rings. The van der Waals surface area contributed by atoms with Crippen LogP contribution in [0.1, 0.15) is 55.4 Å². The summed E-state index contributed by atoms with van der Waals surface area (Å²) in [6, 6.07) is 4.51. The zero-order chi connectivity index (χ0) is 13.8. The van der Waals surface area contributed by atoms with Gasteiger partial charge in [0, 0.05) is 24.9 Å². The first-order valence-corrected chi connectivity index (χ1v) is 7.39. The first-order chi connectivity index (χ1) is 9.83. The summed E-state index contributed by atoms with van der Waals surface area (Å²) in [5.41, 5.74) is 8.26. The highest BCUT2D eigenvalue weighted by Gasteiger charge is 2.17. The van der Waals surface area contributed by atoms with Crippen LogP contribution in [0.4, 0.5) is 0 Å². The highest BCUT2D eigenvalue weighted by molar-refractivity contribution is 5.14. The van der Waals surface area contributed by atoms with Gasteiger partial charge in [-0.15, -0.1) is 0 Å². The lowest BCUT2D eigenvalue weighted by atomic mass is 9.96. The number of nitrogens with two attached hydrogens (primary N) is 1. The highest BCUT2D eigenvalue weighted by atomic mass is 15.3. The summed E-state index contributed by atoms with van der Waals surface area (Å²) in [5, 5.41) is 12.3. The van der Waals surface area contributed by atoms with Crippen molar-refractivity contribution in [2.24, 2.45) is 5.73 Å². The van der Waals surface area contributed by atoms with Gasteiger partial charge in [-0.05, 0) is 30.5 Å². The Morgan fingerprint density at radius 2 is 2.05 bits per heavy atom. The molecule has 0 radical (unpaired) electrons. The molecule has 2 heterocycles. The standard InChI is InChI=1S/C15H21N5/c16-15(12-6-8-17-18-11-12)10-13-7-9-20(19-13)14-4-2-1-3-5-14/h6-9,11,14-15H,1-5,10,16H2. The number of aromatic nitrogens is 4. The summed E-state index contributed by atoms with van der Waals surface area (Å²) in [7, 11) is 0. The van der Waals surface area contributed by atoms with Gasteiger partial charge in [0.1, 0.15) is 0 Å². The summed E-state index contributed by atoms with van der Waals surface area (Å²) >= 11 is 0. The van der Waals surface area contributed by atoms with Crippen LogP contribution in [0.5, 0.6) is 0 Å². The lowest BCUT2D eigenvalue weighted by molar-refractivity contribution is 0.328. The average molecular weight is 271 g/mol. The minimum absolute atomic E-state index is 0.0693. The molecular formula is C15H21N5. The van der Waals surface area contributed by atoms with Crippen LogP contribution in [0.2, 0.25) is 0 Å². The van der Waals surface area contributed by atoms with Crippen LogP contribution in [-0.2, 0) is 6.42 Å². The van der Waals surface area contributed by atoms with Gasteiger partial charge in [-0.1, -0.05) is 19.3 Å². The van der Waals surface area contributed by atoms with Gasteiger partial charge < -0.3 is 5.73 Å². The number of rotatable bonds is 4. The van der Waals surface area contributed by atoms with Gasteiger partial charge in [-0.2, -0.15) is 15.3 Å². The van der Waals surface area contributed by atoms with Crippen LogP contribution in [-0.4, -0.2) is 20.0 Å². The van der Waals surface area contributed by atoms with Crippen molar-refractivity contribution in [1.82, 2.24) is 20.0 Å². The number of hydrogen-bond acceptors (Lipinski definition) is 4. The van der Waals surface area contributed by atoms with E-state index in [-0.39, 0.29) is 6.04 Å². The molecule has 0 amide bonds. The van der Waals surface area contributed by atoms with Crippen molar-refractivity contribution in [2.75, 3.05) is 0 Å². The van der Waals surface area contributed by atoms with Gasteiger partial charge in [-0.3, -0.25) is 4.68 Å². The molecule has 5 heteroatoms. The molecular weight excluding hydrogens is 250 g/mol. The van der Waals surface area contributed by atoms with Gasteiger partial charge in [-0.25, -0.2) is 0 Å². The smallest absolute Gasteiger partial charge is 0.0643 e. The van der Waals surface area contributed by atoms with Crippen molar-refractivity contribution < 1.29 is 0 Å². The predicted molar refractivity (Wildman–Crippen MR) is 77.0 cm³/mol. The quantitative estimate of drug-likeness (QED) is 0.927. The van der Waals surface area contributed by atoms with Crippen molar-refractivity contribution in [1.29, 1.82) is 0 Å². The first-order valence-electron chi connectivity index (χ1n) is 7.39. The number of nitrogens with zero attached hydrogens (tertiary/aromatic N) is 4. The molecule has 0 bridgehead atoms. The molecule has 2 N–H and O–H groups in total. The minimum atomic E-state index is -0.0693. The molecule has 5 nitrogen and oxygen atoms in total. The molecule has 1 atom stereocenters. The van der Waals surface area contributed by atoms with Crippen LogP contribution in [0.3, 0.4) is 0 Å². The van der Waals surface area contributed by atoms with Crippen LogP contribution >= 0.6 is 0 Å². The second-order valence-corrected chi connectivity index (χ2v) is 5.57. The monoisotopic (exact) mass is 271 g/mol. The fraction of sp³-hybridized carbons (Fsp3) is 0.533. The number of hydrogen-bond donors (Lipinski definition) is 1. The predicted octanol–water partition coefficient (Wildman–Crippen LogP) is 2.42. The summed E-state index contributed by atoms with van der Waals surface area (Å²) in [6.07, 6.45) is 12.8. The summed E-state index contributed by atoms with van der Waals surface area (Å²) in [5.74, 6) is 0. The maximum absolute atomic E-state index is 6.20. The van der Waals surface area contributed by atoms with E-state index in [1.165, 1.54) is 32.1 Å². The normalized spacial score (nSPS) is 18.1. The van der Waals surface area contributed by atoms with Crippen LogP contribution in [0.25, 0.3) is 0 Å². The molecule has 2 aromatic heterocycles. The molecule has 106 valence electrons. The molecule has 1 fully saturated rings. The highest BCUT2D eigenvalue weighted by Crippen LogP contribution is 2.27. The average Bonchev–Trinajstić information content (AvgIpc) is 2.97. The van der Waals surface area contributed by atoms with Crippen molar-refractivity contribution in [3.05, 3.63) is 42.0 Å². The van der Waals surface area contributed by atoms with E-state index in [9.17, 15) is 0 Å². The molecule has 0 spiro atoms. The van der Waals surface area contributed by atoms with Crippen LogP contribution < -0.4 is 5.73 Å².